The maximum Gasteiger partial charge on any atom is 0.0623 e. The van der Waals surface area contributed by atoms with E-state index in [0.29, 0.717) is 12.0 Å². The van der Waals surface area contributed by atoms with Gasteiger partial charge in [0.2, 0.25) is 0 Å². The molecule has 1 unspecified atom stereocenters. The van der Waals surface area contributed by atoms with Gasteiger partial charge in [-0.05, 0) is 39.2 Å². The van der Waals surface area contributed by atoms with Gasteiger partial charge < -0.3 is 10.1 Å². The first-order valence-corrected chi connectivity index (χ1v) is 5.71. The minimum atomic E-state index is 0.0164. The SMILES string of the molecule is CCNC(CCC(C)(C)OC)C(C)C. The molecule has 0 saturated carbocycles. The van der Waals surface area contributed by atoms with Crippen molar-refractivity contribution in [1.29, 1.82) is 0 Å². The molecule has 2 nitrogen and oxygen atoms in total. The van der Waals surface area contributed by atoms with Crippen LogP contribution >= 0.6 is 0 Å². The second-order valence-electron chi connectivity index (χ2n) is 4.91. The molecule has 0 saturated heterocycles. The normalized spacial score (nSPS) is 14.8. The molecule has 0 heterocycles. The van der Waals surface area contributed by atoms with Crippen molar-refractivity contribution < 1.29 is 4.74 Å². The molecule has 1 atom stereocenters. The van der Waals surface area contributed by atoms with E-state index in [4.69, 9.17) is 4.74 Å². The van der Waals surface area contributed by atoms with Crippen molar-refractivity contribution >= 4 is 0 Å². The summed E-state index contributed by atoms with van der Waals surface area (Å²) in [5.74, 6) is 0.697. The topological polar surface area (TPSA) is 21.3 Å². The number of nitrogens with one attached hydrogen (secondary N) is 1. The van der Waals surface area contributed by atoms with Crippen LogP contribution in [0.5, 0.6) is 0 Å². The van der Waals surface area contributed by atoms with Crippen LogP contribution in [0, 0.1) is 5.92 Å². The van der Waals surface area contributed by atoms with Crippen molar-refractivity contribution in [1.82, 2.24) is 5.32 Å². The van der Waals surface area contributed by atoms with Crippen LogP contribution in [-0.2, 0) is 4.74 Å². The van der Waals surface area contributed by atoms with Crippen molar-refractivity contribution in [3.8, 4) is 0 Å². The quantitative estimate of drug-likeness (QED) is 0.684. The Morgan fingerprint density at radius 2 is 1.86 bits per heavy atom. The molecule has 0 radical (unpaired) electrons. The third-order valence-electron chi connectivity index (χ3n) is 2.88. The van der Waals surface area contributed by atoms with Crippen LogP contribution in [0.3, 0.4) is 0 Å². The third kappa shape index (κ3) is 5.61. The van der Waals surface area contributed by atoms with E-state index in [1.165, 1.54) is 6.42 Å². The van der Waals surface area contributed by atoms with Gasteiger partial charge in [-0.2, -0.15) is 0 Å². The summed E-state index contributed by atoms with van der Waals surface area (Å²) in [6.45, 7) is 12.1. The van der Waals surface area contributed by atoms with Gasteiger partial charge in [-0.15, -0.1) is 0 Å². The third-order valence-corrected chi connectivity index (χ3v) is 2.88. The van der Waals surface area contributed by atoms with Crippen LogP contribution in [0.2, 0.25) is 0 Å². The van der Waals surface area contributed by atoms with Crippen molar-refractivity contribution in [3.05, 3.63) is 0 Å². The summed E-state index contributed by atoms with van der Waals surface area (Å²) in [6, 6.07) is 0.620. The second kappa shape index (κ2) is 6.41. The molecule has 0 spiro atoms. The number of methoxy groups -OCH3 is 1. The first-order chi connectivity index (χ1) is 6.43. The zero-order valence-corrected chi connectivity index (χ0v) is 10.7. The minimum Gasteiger partial charge on any atom is -0.379 e. The van der Waals surface area contributed by atoms with E-state index in [2.05, 4.69) is 39.9 Å². The van der Waals surface area contributed by atoms with Gasteiger partial charge in [0.05, 0.1) is 5.60 Å². The lowest BCUT2D eigenvalue weighted by molar-refractivity contribution is 0.0106. The van der Waals surface area contributed by atoms with Crippen LogP contribution in [0.1, 0.15) is 47.5 Å². The Morgan fingerprint density at radius 3 is 2.21 bits per heavy atom. The Bertz CT molecular complexity index is 143. The largest absolute Gasteiger partial charge is 0.379 e. The predicted molar refractivity (Wildman–Crippen MR) is 62.6 cm³/mol. The summed E-state index contributed by atoms with van der Waals surface area (Å²) in [6.07, 6.45) is 2.30. The maximum atomic E-state index is 5.42. The standard InChI is InChI=1S/C12H27NO/c1-7-13-11(10(2)3)8-9-12(4,5)14-6/h10-11,13H,7-9H2,1-6H3. The fourth-order valence-electron chi connectivity index (χ4n) is 1.54. The van der Waals surface area contributed by atoms with E-state index < -0.39 is 0 Å². The molecular weight excluding hydrogens is 174 g/mol. The molecule has 0 aromatic carbocycles. The highest BCUT2D eigenvalue weighted by atomic mass is 16.5. The average molecular weight is 201 g/mol. The Labute approximate surface area is 89.4 Å². The van der Waals surface area contributed by atoms with Crippen LogP contribution in [0.15, 0.2) is 0 Å². The van der Waals surface area contributed by atoms with Crippen molar-refractivity contribution in [2.45, 2.75) is 59.1 Å². The molecule has 0 bridgehead atoms. The predicted octanol–water partition coefficient (Wildman–Crippen LogP) is 2.83. The summed E-state index contributed by atoms with van der Waals surface area (Å²) in [4.78, 5) is 0. The fourth-order valence-corrected chi connectivity index (χ4v) is 1.54. The summed E-state index contributed by atoms with van der Waals surface area (Å²) in [5, 5.41) is 3.52. The zero-order valence-electron chi connectivity index (χ0n) is 10.7. The summed E-state index contributed by atoms with van der Waals surface area (Å²) in [5.41, 5.74) is 0.0164. The Morgan fingerprint density at radius 1 is 1.29 bits per heavy atom. The molecule has 0 aromatic rings. The van der Waals surface area contributed by atoms with E-state index >= 15 is 0 Å². The monoisotopic (exact) mass is 201 g/mol. The zero-order chi connectivity index (χ0) is 11.2. The summed E-state index contributed by atoms with van der Waals surface area (Å²) >= 11 is 0. The lowest BCUT2D eigenvalue weighted by Crippen LogP contribution is -2.36. The summed E-state index contributed by atoms with van der Waals surface area (Å²) in [7, 11) is 1.79. The van der Waals surface area contributed by atoms with Gasteiger partial charge in [0, 0.05) is 13.2 Å². The molecule has 2 heteroatoms. The molecule has 0 fully saturated rings. The Hall–Kier alpha value is -0.0800. The molecule has 0 aliphatic carbocycles. The molecule has 0 aliphatic rings. The molecule has 0 rings (SSSR count). The minimum absolute atomic E-state index is 0.0164. The van der Waals surface area contributed by atoms with E-state index in [-0.39, 0.29) is 5.60 Å². The number of hydrogen-bond donors (Lipinski definition) is 1. The molecule has 14 heavy (non-hydrogen) atoms. The number of rotatable bonds is 7. The fraction of sp³-hybridized carbons (Fsp3) is 1.00. The van der Waals surface area contributed by atoms with Gasteiger partial charge in [0.25, 0.3) is 0 Å². The van der Waals surface area contributed by atoms with Gasteiger partial charge in [-0.3, -0.25) is 0 Å². The molecular formula is C12H27NO. The molecule has 0 aliphatic heterocycles. The smallest absolute Gasteiger partial charge is 0.0623 e. The molecule has 86 valence electrons. The highest BCUT2D eigenvalue weighted by Crippen LogP contribution is 2.19. The first-order valence-electron chi connectivity index (χ1n) is 5.71. The Balaban J connectivity index is 3.93. The van der Waals surface area contributed by atoms with Crippen molar-refractivity contribution in [2.24, 2.45) is 5.92 Å². The van der Waals surface area contributed by atoms with E-state index in [1.54, 1.807) is 7.11 Å². The number of ether oxygens (including phenoxy) is 1. The molecule has 0 amide bonds. The van der Waals surface area contributed by atoms with Gasteiger partial charge in [0.15, 0.2) is 0 Å². The average Bonchev–Trinajstić information content (AvgIpc) is 2.12. The van der Waals surface area contributed by atoms with Crippen LogP contribution in [-0.4, -0.2) is 25.3 Å². The number of hydrogen-bond acceptors (Lipinski definition) is 2. The van der Waals surface area contributed by atoms with Gasteiger partial charge >= 0.3 is 0 Å². The van der Waals surface area contributed by atoms with Crippen LogP contribution in [0.4, 0.5) is 0 Å². The van der Waals surface area contributed by atoms with Crippen molar-refractivity contribution in [2.75, 3.05) is 13.7 Å². The lowest BCUT2D eigenvalue weighted by Gasteiger charge is -2.28. The van der Waals surface area contributed by atoms with E-state index in [0.717, 1.165) is 13.0 Å². The first kappa shape index (κ1) is 13.9. The highest BCUT2D eigenvalue weighted by Gasteiger charge is 2.20. The van der Waals surface area contributed by atoms with Gasteiger partial charge in [0.1, 0.15) is 0 Å². The lowest BCUT2D eigenvalue weighted by atomic mass is 9.93. The second-order valence-corrected chi connectivity index (χ2v) is 4.91. The maximum absolute atomic E-state index is 5.42. The summed E-state index contributed by atoms with van der Waals surface area (Å²) < 4.78 is 5.42. The van der Waals surface area contributed by atoms with E-state index in [1.807, 2.05) is 0 Å². The van der Waals surface area contributed by atoms with E-state index in [9.17, 15) is 0 Å². The van der Waals surface area contributed by atoms with Crippen molar-refractivity contribution in [3.63, 3.8) is 0 Å². The van der Waals surface area contributed by atoms with Gasteiger partial charge in [-0.1, -0.05) is 20.8 Å². The van der Waals surface area contributed by atoms with Gasteiger partial charge in [-0.25, -0.2) is 0 Å². The van der Waals surface area contributed by atoms with Crippen LogP contribution in [0.25, 0.3) is 0 Å². The Kier molecular flexibility index (Phi) is 6.38. The highest BCUT2D eigenvalue weighted by molar-refractivity contribution is 4.76. The molecule has 1 N–H and O–H groups in total. The van der Waals surface area contributed by atoms with Crippen LogP contribution < -0.4 is 5.32 Å². The molecule has 0 aromatic heterocycles.